The van der Waals surface area contributed by atoms with Crippen LogP contribution in [0.15, 0.2) is 60.7 Å². The van der Waals surface area contributed by atoms with E-state index in [-0.39, 0.29) is 12.0 Å². The molecular weight excluding hydrogens is 432 g/mol. The zero-order valence-electron chi connectivity index (χ0n) is 20.5. The second kappa shape index (κ2) is 12.8. The number of benzene rings is 2. The average molecular weight is 473 g/mol. The first-order chi connectivity index (χ1) is 15.9. The molecule has 0 spiro atoms. The predicted molar refractivity (Wildman–Crippen MR) is 134 cm³/mol. The molecule has 0 bridgehead atoms. The second-order valence-corrected chi connectivity index (χ2v) is 15.7. The highest BCUT2D eigenvalue weighted by molar-refractivity contribution is 6.76. The molecular formula is C27H40O5Si. The third-order valence-electron chi connectivity index (χ3n) is 6.10. The lowest BCUT2D eigenvalue weighted by Gasteiger charge is -2.44. The van der Waals surface area contributed by atoms with Gasteiger partial charge >= 0.3 is 0 Å². The van der Waals surface area contributed by atoms with E-state index in [9.17, 15) is 5.11 Å². The fraction of sp³-hybridized carbons (Fsp3) is 0.556. The van der Waals surface area contributed by atoms with Crippen molar-refractivity contribution in [2.24, 2.45) is 5.92 Å². The predicted octanol–water partition coefficient (Wildman–Crippen LogP) is 5.26. The summed E-state index contributed by atoms with van der Waals surface area (Å²) >= 11 is 0. The summed E-state index contributed by atoms with van der Waals surface area (Å²) in [6.07, 6.45) is -1.22. The Kier molecular flexibility index (Phi) is 10.1. The van der Waals surface area contributed by atoms with Gasteiger partial charge < -0.3 is 24.1 Å². The zero-order valence-corrected chi connectivity index (χ0v) is 21.5. The van der Waals surface area contributed by atoms with Gasteiger partial charge in [0.1, 0.15) is 12.2 Å². The maximum atomic E-state index is 11.1. The summed E-state index contributed by atoms with van der Waals surface area (Å²) in [6.45, 7) is 11.0. The highest BCUT2D eigenvalue weighted by Crippen LogP contribution is 2.33. The summed E-state index contributed by atoms with van der Waals surface area (Å²) in [7, 11) is -1.24. The Balaban J connectivity index is 1.66. The largest absolute Gasteiger partial charge is 0.390 e. The van der Waals surface area contributed by atoms with Gasteiger partial charge in [-0.1, -0.05) is 87.2 Å². The van der Waals surface area contributed by atoms with E-state index < -0.39 is 26.6 Å². The summed E-state index contributed by atoms with van der Waals surface area (Å²) in [5.74, 6) is -0.0929. The van der Waals surface area contributed by atoms with Gasteiger partial charge in [-0.2, -0.15) is 0 Å². The van der Waals surface area contributed by atoms with E-state index in [1.807, 2.05) is 60.7 Å². The van der Waals surface area contributed by atoms with Gasteiger partial charge in [-0.05, 0) is 23.6 Å². The fourth-order valence-corrected chi connectivity index (χ4v) is 4.80. The number of ether oxygens (including phenoxy) is 4. The first kappa shape index (κ1) is 26.1. The molecule has 0 aromatic heterocycles. The molecule has 182 valence electrons. The van der Waals surface area contributed by atoms with Crippen LogP contribution in [0, 0.1) is 5.92 Å². The van der Waals surface area contributed by atoms with Gasteiger partial charge in [-0.25, -0.2) is 0 Å². The molecule has 1 aliphatic heterocycles. The van der Waals surface area contributed by atoms with Crippen LogP contribution in [0.1, 0.15) is 24.5 Å². The number of hydrogen-bond acceptors (Lipinski definition) is 5. The molecule has 0 unspecified atom stereocenters. The molecule has 1 N–H and O–H groups in total. The van der Waals surface area contributed by atoms with Crippen LogP contribution in [0.3, 0.4) is 0 Å². The van der Waals surface area contributed by atoms with Crippen LogP contribution < -0.4 is 0 Å². The van der Waals surface area contributed by atoms with E-state index in [1.165, 1.54) is 0 Å². The number of aliphatic hydroxyl groups is 1. The Morgan fingerprint density at radius 3 is 2.06 bits per heavy atom. The SMILES string of the molecule is CC[C@H]1[C@@H](O)[C@@H](COCc2ccccc2)O[C@@H](OCC[Si](C)(C)C)[C@@H]1OCc1ccccc1. The Morgan fingerprint density at radius 2 is 1.48 bits per heavy atom. The molecule has 0 saturated carbocycles. The summed E-state index contributed by atoms with van der Waals surface area (Å²) in [5.41, 5.74) is 2.19. The molecule has 33 heavy (non-hydrogen) atoms. The third kappa shape index (κ3) is 8.32. The highest BCUT2D eigenvalue weighted by Gasteiger charge is 2.45. The van der Waals surface area contributed by atoms with Crippen molar-refractivity contribution in [3.05, 3.63) is 71.8 Å². The molecule has 1 fully saturated rings. The van der Waals surface area contributed by atoms with E-state index in [0.29, 0.717) is 26.4 Å². The topological polar surface area (TPSA) is 57.2 Å². The molecule has 5 atom stereocenters. The summed E-state index contributed by atoms with van der Waals surface area (Å²) in [6, 6.07) is 21.2. The van der Waals surface area contributed by atoms with Crippen molar-refractivity contribution in [1.82, 2.24) is 0 Å². The van der Waals surface area contributed by atoms with Crippen molar-refractivity contribution in [2.45, 2.75) is 76.8 Å². The molecule has 0 radical (unpaired) electrons. The smallest absolute Gasteiger partial charge is 0.184 e. The molecule has 3 rings (SSSR count). The van der Waals surface area contributed by atoms with Gasteiger partial charge in [0.15, 0.2) is 6.29 Å². The lowest BCUT2D eigenvalue weighted by molar-refractivity contribution is -0.302. The van der Waals surface area contributed by atoms with Gasteiger partial charge in [0.25, 0.3) is 0 Å². The first-order valence-electron chi connectivity index (χ1n) is 12.1. The second-order valence-electron chi connectivity index (χ2n) is 10.0. The van der Waals surface area contributed by atoms with Gasteiger partial charge in [0.2, 0.25) is 0 Å². The number of hydrogen-bond donors (Lipinski definition) is 1. The summed E-state index contributed by atoms with van der Waals surface area (Å²) < 4.78 is 24.8. The normalized spacial score (nSPS) is 25.8. The molecule has 1 saturated heterocycles. The Bertz CT molecular complexity index is 795. The van der Waals surface area contributed by atoms with Crippen LogP contribution >= 0.6 is 0 Å². The summed E-state index contributed by atoms with van der Waals surface area (Å²) in [4.78, 5) is 0. The maximum Gasteiger partial charge on any atom is 0.184 e. The standard InChI is InChI=1S/C27H40O5Si/c1-5-23-25(28)24(20-29-18-21-12-8-6-9-13-21)32-27(30-16-17-33(2,3)4)26(23)31-19-22-14-10-7-11-15-22/h6-15,23-28H,5,16-20H2,1-4H3/t23-,24+,25+,26+,27+/m0/s1. The minimum absolute atomic E-state index is 0.0929. The fourth-order valence-electron chi connectivity index (χ4n) is 4.07. The average Bonchev–Trinajstić information content (AvgIpc) is 2.80. The number of aliphatic hydroxyl groups excluding tert-OH is 1. The Morgan fingerprint density at radius 1 is 0.879 bits per heavy atom. The molecule has 2 aromatic rings. The van der Waals surface area contributed by atoms with E-state index >= 15 is 0 Å². The van der Waals surface area contributed by atoms with Gasteiger partial charge in [0.05, 0.1) is 25.9 Å². The third-order valence-corrected chi connectivity index (χ3v) is 7.81. The molecule has 2 aromatic carbocycles. The van der Waals surface area contributed by atoms with Gasteiger partial charge in [0, 0.05) is 20.6 Å². The molecule has 1 aliphatic rings. The monoisotopic (exact) mass is 472 g/mol. The quantitative estimate of drug-likeness (QED) is 0.427. The first-order valence-corrected chi connectivity index (χ1v) is 15.8. The van der Waals surface area contributed by atoms with E-state index in [0.717, 1.165) is 23.6 Å². The maximum absolute atomic E-state index is 11.1. The van der Waals surface area contributed by atoms with Crippen molar-refractivity contribution in [3.8, 4) is 0 Å². The lowest BCUT2D eigenvalue weighted by Crippen LogP contribution is -2.57. The van der Waals surface area contributed by atoms with Crippen molar-refractivity contribution in [3.63, 3.8) is 0 Å². The van der Waals surface area contributed by atoms with Crippen molar-refractivity contribution in [2.75, 3.05) is 13.2 Å². The molecule has 5 nitrogen and oxygen atoms in total. The van der Waals surface area contributed by atoms with Crippen LogP contribution in [0.25, 0.3) is 0 Å². The van der Waals surface area contributed by atoms with E-state index in [2.05, 4.69) is 26.6 Å². The number of rotatable bonds is 12. The molecule has 6 heteroatoms. The highest BCUT2D eigenvalue weighted by atomic mass is 28.3. The zero-order chi connectivity index (χ0) is 23.7. The molecule has 1 heterocycles. The van der Waals surface area contributed by atoms with Gasteiger partial charge in [-0.3, -0.25) is 0 Å². The van der Waals surface area contributed by atoms with Crippen LogP contribution in [-0.4, -0.2) is 51.0 Å². The Labute approximate surface area is 200 Å². The molecule has 0 amide bonds. The van der Waals surface area contributed by atoms with E-state index in [4.69, 9.17) is 18.9 Å². The van der Waals surface area contributed by atoms with Crippen molar-refractivity contribution < 1.29 is 24.1 Å². The lowest BCUT2D eigenvalue weighted by atomic mass is 9.86. The minimum Gasteiger partial charge on any atom is -0.390 e. The van der Waals surface area contributed by atoms with Crippen molar-refractivity contribution in [1.29, 1.82) is 0 Å². The Hall–Kier alpha value is -1.54. The van der Waals surface area contributed by atoms with Gasteiger partial charge in [-0.15, -0.1) is 0 Å². The van der Waals surface area contributed by atoms with Crippen molar-refractivity contribution >= 4 is 8.07 Å². The van der Waals surface area contributed by atoms with Crippen LogP contribution in [0.4, 0.5) is 0 Å². The van der Waals surface area contributed by atoms with Crippen LogP contribution in [-0.2, 0) is 32.2 Å². The van der Waals surface area contributed by atoms with Crippen LogP contribution in [0.5, 0.6) is 0 Å². The minimum atomic E-state index is -1.24. The van der Waals surface area contributed by atoms with E-state index in [1.54, 1.807) is 0 Å². The van der Waals surface area contributed by atoms with Crippen LogP contribution in [0.2, 0.25) is 25.7 Å². The summed E-state index contributed by atoms with van der Waals surface area (Å²) in [5, 5.41) is 11.1. The molecule has 0 aliphatic carbocycles.